The Kier molecular flexibility index (Phi) is 5.10. The predicted octanol–water partition coefficient (Wildman–Crippen LogP) is 4.43. The molecule has 0 radical (unpaired) electrons. The van der Waals surface area contributed by atoms with E-state index in [0.29, 0.717) is 5.69 Å². The van der Waals surface area contributed by atoms with Gasteiger partial charge in [0.05, 0.1) is 0 Å². The zero-order valence-corrected chi connectivity index (χ0v) is 11.7. The van der Waals surface area contributed by atoms with Crippen molar-refractivity contribution >= 4 is 29.2 Å². The molecule has 0 aliphatic heterocycles. The van der Waals surface area contributed by atoms with Crippen LogP contribution in [-0.4, -0.2) is 11.5 Å². The number of hydrogen-bond acceptors (Lipinski definition) is 3. The third kappa shape index (κ3) is 4.44. The zero-order valence-electron chi connectivity index (χ0n) is 10.1. The van der Waals surface area contributed by atoms with Crippen LogP contribution in [0.3, 0.4) is 0 Å². The molecular formula is C14H13F2NS2. The van der Waals surface area contributed by atoms with Gasteiger partial charge in [-0.15, -0.1) is 23.5 Å². The van der Waals surface area contributed by atoms with Crippen LogP contribution in [0.4, 0.5) is 14.5 Å². The highest BCUT2D eigenvalue weighted by Crippen LogP contribution is 2.27. The summed E-state index contributed by atoms with van der Waals surface area (Å²) in [4.78, 5) is 1.93. The molecule has 19 heavy (non-hydrogen) atoms. The van der Waals surface area contributed by atoms with E-state index in [1.165, 1.54) is 24.3 Å². The molecule has 0 atom stereocenters. The molecule has 0 bridgehead atoms. The second-order valence-electron chi connectivity index (χ2n) is 3.83. The van der Waals surface area contributed by atoms with E-state index in [9.17, 15) is 8.78 Å². The Balaban J connectivity index is 1.79. The molecule has 0 spiro atoms. The van der Waals surface area contributed by atoms with E-state index in [1.807, 2.05) is 0 Å². The molecule has 100 valence electrons. The van der Waals surface area contributed by atoms with Crippen LogP contribution in [0.15, 0.2) is 52.3 Å². The molecule has 2 rings (SSSR count). The summed E-state index contributed by atoms with van der Waals surface area (Å²) < 4.78 is 25.6. The largest absolute Gasteiger partial charge is 0.398 e. The van der Waals surface area contributed by atoms with Gasteiger partial charge in [-0.25, -0.2) is 8.78 Å². The molecule has 0 fully saturated rings. The third-order valence-electron chi connectivity index (χ3n) is 2.40. The van der Waals surface area contributed by atoms with Gasteiger partial charge in [0.2, 0.25) is 0 Å². The lowest BCUT2D eigenvalue weighted by Crippen LogP contribution is -1.91. The molecule has 5 heteroatoms. The van der Waals surface area contributed by atoms with Crippen LogP contribution in [-0.2, 0) is 0 Å². The van der Waals surface area contributed by atoms with E-state index in [1.54, 1.807) is 41.7 Å². The standard InChI is InChI=1S/C14H13F2NS2/c15-10-1-4-12(5-2-10)18-7-8-19-14-6-3-11(16)9-13(14)17/h1-6,9H,7-8,17H2. The zero-order chi connectivity index (χ0) is 13.7. The van der Waals surface area contributed by atoms with E-state index in [-0.39, 0.29) is 11.6 Å². The van der Waals surface area contributed by atoms with Crippen molar-refractivity contribution in [3.8, 4) is 0 Å². The number of halogens is 2. The van der Waals surface area contributed by atoms with Crippen LogP contribution in [0.25, 0.3) is 0 Å². The summed E-state index contributed by atoms with van der Waals surface area (Å²) in [5, 5.41) is 0. The molecule has 0 heterocycles. The van der Waals surface area contributed by atoms with Crippen molar-refractivity contribution in [3.05, 3.63) is 54.1 Å². The Labute approximate surface area is 119 Å². The summed E-state index contributed by atoms with van der Waals surface area (Å²) >= 11 is 3.25. The maximum absolute atomic E-state index is 12.9. The third-order valence-corrected chi connectivity index (χ3v) is 4.76. The molecule has 0 saturated heterocycles. The van der Waals surface area contributed by atoms with Gasteiger partial charge in [-0.1, -0.05) is 0 Å². The molecule has 0 unspecified atom stereocenters. The Morgan fingerprint density at radius 1 is 0.842 bits per heavy atom. The Hall–Kier alpha value is -1.20. The van der Waals surface area contributed by atoms with Gasteiger partial charge in [-0.2, -0.15) is 0 Å². The fourth-order valence-corrected chi connectivity index (χ4v) is 3.33. The Morgan fingerprint density at radius 2 is 1.47 bits per heavy atom. The molecule has 1 nitrogen and oxygen atoms in total. The number of nitrogen functional groups attached to an aromatic ring is 1. The van der Waals surface area contributed by atoms with E-state index in [0.717, 1.165) is 21.3 Å². The summed E-state index contributed by atoms with van der Waals surface area (Å²) in [6.45, 7) is 0. The second-order valence-corrected chi connectivity index (χ2v) is 6.14. The number of anilines is 1. The molecule has 2 aromatic carbocycles. The number of hydrogen-bond donors (Lipinski definition) is 1. The first-order chi connectivity index (χ1) is 9.15. The number of rotatable bonds is 5. The van der Waals surface area contributed by atoms with Gasteiger partial charge in [0.25, 0.3) is 0 Å². The monoisotopic (exact) mass is 297 g/mol. The molecule has 0 aromatic heterocycles. The highest BCUT2D eigenvalue weighted by molar-refractivity contribution is 8.03. The highest BCUT2D eigenvalue weighted by atomic mass is 32.2. The first-order valence-corrected chi connectivity index (χ1v) is 7.68. The second kappa shape index (κ2) is 6.82. The minimum Gasteiger partial charge on any atom is -0.398 e. The Morgan fingerprint density at radius 3 is 2.16 bits per heavy atom. The van der Waals surface area contributed by atoms with Crippen LogP contribution < -0.4 is 5.73 Å². The fourth-order valence-electron chi connectivity index (χ4n) is 1.49. The average molecular weight is 297 g/mol. The van der Waals surface area contributed by atoms with E-state index in [2.05, 4.69) is 0 Å². The lowest BCUT2D eigenvalue weighted by atomic mass is 10.3. The van der Waals surface area contributed by atoms with Crippen LogP contribution in [0.2, 0.25) is 0 Å². The summed E-state index contributed by atoms with van der Waals surface area (Å²) in [5.41, 5.74) is 6.19. The van der Waals surface area contributed by atoms with Gasteiger partial charge >= 0.3 is 0 Å². The molecule has 0 amide bonds. The smallest absolute Gasteiger partial charge is 0.125 e. The quantitative estimate of drug-likeness (QED) is 0.502. The van der Waals surface area contributed by atoms with Crippen LogP contribution in [0.1, 0.15) is 0 Å². The topological polar surface area (TPSA) is 26.0 Å². The lowest BCUT2D eigenvalue weighted by Gasteiger charge is -2.05. The van der Waals surface area contributed by atoms with Crippen molar-refractivity contribution in [2.75, 3.05) is 17.2 Å². The first-order valence-electron chi connectivity index (χ1n) is 5.71. The normalized spacial score (nSPS) is 10.6. The maximum atomic E-state index is 12.9. The van der Waals surface area contributed by atoms with Gasteiger partial charge in [-0.3, -0.25) is 0 Å². The SMILES string of the molecule is Nc1cc(F)ccc1SCCSc1ccc(F)cc1. The number of nitrogens with two attached hydrogens (primary N) is 1. The van der Waals surface area contributed by atoms with Gasteiger partial charge < -0.3 is 5.73 Å². The van der Waals surface area contributed by atoms with Crippen molar-refractivity contribution in [2.24, 2.45) is 0 Å². The molecule has 0 saturated carbocycles. The summed E-state index contributed by atoms with van der Waals surface area (Å²) in [6.07, 6.45) is 0. The van der Waals surface area contributed by atoms with Crippen molar-refractivity contribution < 1.29 is 8.78 Å². The fraction of sp³-hybridized carbons (Fsp3) is 0.143. The van der Waals surface area contributed by atoms with Gasteiger partial charge in [0.1, 0.15) is 11.6 Å². The number of thioether (sulfide) groups is 2. The lowest BCUT2D eigenvalue weighted by molar-refractivity contribution is 0.626. The number of benzene rings is 2. The van der Waals surface area contributed by atoms with E-state index >= 15 is 0 Å². The van der Waals surface area contributed by atoms with Crippen LogP contribution in [0.5, 0.6) is 0 Å². The van der Waals surface area contributed by atoms with Crippen molar-refractivity contribution in [3.63, 3.8) is 0 Å². The minimum atomic E-state index is -0.317. The maximum Gasteiger partial charge on any atom is 0.125 e. The van der Waals surface area contributed by atoms with E-state index in [4.69, 9.17) is 5.73 Å². The summed E-state index contributed by atoms with van der Waals surface area (Å²) in [6, 6.07) is 10.9. The molecule has 2 aromatic rings. The van der Waals surface area contributed by atoms with Crippen molar-refractivity contribution in [2.45, 2.75) is 9.79 Å². The average Bonchev–Trinajstić information content (AvgIpc) is 2.39. The first kappa shape index (κ1) is 14.2. The summed E-state index contributed by atoms with van der Waals surface area (Å²) in [7, 11) is 0. The van der Waals surface area contributed by atoms with Crippen LogP contribution >= 0.6 is 23.5 Å². The van der Waals surface area contributed by atoms with Gasteiger partial charge in [0, 0.05) is 27.0 Å². The minimum absolute atomic E-state index is 0.224. The highest BCUT2D eigenvalue weighted by Gasteiger charge is 2.02. The molecule has 2 N–H and O–H groups in total. The predicted molar refractivity (Wildman–Crippen MR) is 78.7 cm³/mol. The Bertz CT molecular complexity index is 544. The van der Waals surface area contributed by atoms with Crippen molar-refractivity contribution in [1.82, 2.24) is 0 Å². The van der Waals surface area contributed by atoms with E-state index < -0.39 is 0 Å². The summed E-state index contributed by atoms with van der Waals surface area (Å²) in [5.74, 6) is 1.20. The molecular weight excluding hydrogens is 284 g/mol. The molecule has 0 aliphatic rings. The van der Waals surface area contributed by atoms with Gasteiger partial charge in [-0.05, 0) is 42.5 Å². The van der Waals surface area contributed by atoms with Crippen LogP contribution in [0, 0.1) is 11.6 Å². The molecule has 0 aliphatic carbocycles. The van der Waals surface area contributed by atoms with Gasteiger partial charge in [0.15, 0.2) is 0 Å². The van der Waals surface area contributed by atoms with Crippen molar-refractivity contribution in [1.29, 1.82) is 0 Å².